The van der Waals surface area contributed by atoms with Gasteiger partial charge in [0.2, 0.25) is 0 Å². The van der Waals surface area contributed by atoms with Crippen LogP contribution in [0, 0.1) is 5.41 Å². The third kappa shape index (κ3) is 2.13. The zero-order valence-corrected chi connectivity index (χ0v) is 13.0. The van der Waals surface area contributed by atoms with Gasteiger partial charge in [-0.25, -0.2) is 4.98 Å². The van der Waals surface area contributed by atoms with Gasteiger partial charge in [0.05, 0.1) is 6.54 Å². The molecular formula is C17H19N3O3. The summed E-state index contributed by atoms with van der Waals surface area (Å²) in [6.07, 6.45) is 3.67. The third-order valence-corrected chi connectivity index (χ3v) is 5.11. The SMILES string of the molecule is Cn1ccnc1CN1C[C@H]2c3ccccc3OC[C@@]2(C(=O)O)C1. The average Bonchev–Trinajstić information content (AvgIpc) is 3.12. The van der Waals surface area contributed by atoms with Crippen LogP contribution in [-0.4, -0.2) is 45.2 Å². The Hall–Kier alpha value is -2.34. The lowest BCUT2D eigenvalue weighted by molar-refractivity contribution is -0.151. The van der Waals surface area contributed by atoms with E-state index in [4.69, 9.17) is 4.74 Å². The van der Waals surface area contributed by atoms with Crippen molar-refractivity contribution in [2.24, 2.45) is 12.5 Å². The van der Waals surface area contributed by atoms with Gasteiger partial charge < -0.3 is 14.4 Å². The van der Waals surface area contributed by atoms with E-state index in [1.54, 1.807) is 6.20 Å². The first kappa shape index (κ1) is 14.3. The second-order valence-electron chi connectivity index (χ2n) is 6.46. The highest BCUT2D eigenvalue weighted by molar-refractivity contribution is 5.78. The minimum Gasteiger partial charge on any atom is -0.492 e. The summed E-state index contributed by atoms with van der Waals surface area (Å²) < 4.78 is 7.75. The number of carboxylic acid groups (broad SMARTS) is 1. The second-order valence-corrected chi connectivity index (χ2v) is 6.46. The molecule has 2 aliphatic heterocycles. The number of aryl methyl sites for hydroxylation is 1. The number of carbonyl (C=O) groups is 1. The summed E-state index contributed by atoms with van der Waals surface area (Å²) in [4.78, 5) is 18.6. The van der Waals surface area contributed by atoms with Crippen LogP contribution >= 0.6 is 0 Å². The second kappa shape index (κ2) is 5.09. The van der Waals surface area contributed by atoms with Crippen molar-refractivity contribution in [3.8, 4) is 5.75 Å². The van der Waals surface area contributed by atoms with Crippen molar-refractivity contribution in [2.45, 2.75) is 12.5 Å². The molecular weight excluding hydrogens is 294 g/mol. The number of hydrogen-bond acceptors (Lipinski definition) is 4. The van der Waals surface area contributed by atoms with Crippen LogP contribution in [-0.2, 0) is 18.4 Å². The molecule has 3 heterocycles. The van der Waals surface area contributed by atoms with E-state index in [2.05, 4.69) is 9.88 Å². The van der Waals surface area contributed by atoms with Gasteiger partial charge in [-0.1, -0.05) is 18.2 Å². The lowest BCUT2D eigenvalue weighted by Crippen LogP contribution is -2.45. The van der Waals surface area contributed by atoms with Crippen molar-refractivity contribution in [1.29, 1.82) is 0 Å². The minimum absolute atomic E-state index is 0.0507. The fourth-order valence-corrected chi connectivity index (χ4v) is 3.80. The fourth-order valence-electron chi connectivity index (χ4n) is 3.80. The Labute approximate surface area is 134 Å². The fraction of sp³-hybridized carbons (Fsp3) is 0.412. The summed E-state index contributed by atoms with van der Waals surface area (Å²) in [6.45, 7) is 2.06. The summed E-state index contributed by atoms with van der Waals surface area (Å²) in [6, 6.07) is 7.78. The molecule has 0 saturated carbocycles. The molecule has 1 aromatic carbocycles. The van der Waals surface area contributed by atoms with Crippen LogP contribution in [0.5, 0.6) is 5.75 Å². The van der Waals surface area contributed by atoms with Crippen LogP contribution in [0.15, 0.2) is 36.7 Å². The van der Waals surface area contributed by atoms with Gasteiger partial charge in [0.25, 0.3) is 0 Å². The number of aromatic nitrogens is 2. The maximum absolute atomic E-state index is 12.1. The van der Waals surface area contributed by atoms with E-state index in [9.17, 15) is 9.90 Å². The Morgan fingerprint density at radius 3 is 3.04 bits per heavy atom. The molecule has 120 valence electrons. The number of carboxylic acids is 1. The van der Waals surface area contributed by atoms with Crippen molar-refractivity contribution >= 4 is 5.97 Å². The third-order valence-electron chi connectivity index (χ3n) is 5.11. The molecule has 6 heteroatoms. The van der Waals surface area contributed by atoms with E-state index >= 15 is 0 Å². The zero-order chi connectivity index (χ0) is 16.0. The summed E-state index contributed by atoms with van der Waals surface area (Å²) in [5, 5.41) is 9.90. The first-order valence-electron chi connectivity index (χ1n) is 7.74. The molecule has 0 spiro atoms. The van der Waals surface area contributed by atoms with Gasteiger partial charge in [-0.2, -0.15) is 0 Å². The molecule has 23 heavy (non-hydrogen) atoms. The Kier molecular flexibility index (Phi) is 3.16. The summed E-state index contributed by atoms with van der Waals surface area (Å²) in [5.74, 6) is 0.927. The van der Waals surface area contributed by atoms with Gasteiger partial charge >= 0.3 is 5.97 Å². The minimum atomic E-state index is -0.875. The highest BCUT2D eigenvalue weighted by Gasteiger charge is 2.56. The number of hydrogen-bond donors (Lipinski definition) is 1. The van der Waals surface area contributed by atoms with Crippen LogP contribution < -0.4 is 4.74 Å². The number of fused-ring (bicyclic) bond motifs is 3. The molecule has 2 atom stereocenters. The summed E-state index contributed by atoms with van der Waals surface area (Å²) in [7, 11) is 1.96. The maximum Gasteiger partial charge on any atom is 0.315 e. The molecule has 2 aliphatic rings. The predicted octanol–water partition coefficient (Wildman–Crippen LogP) is 1.48. The zero-order valence-electron chi connectivity index (χ0n) is 13.0. The largest absolute Gasteiger partial charge is 0.492 e. The Balaban J connectivity index is 1.68. The Morgan fingerprint density at radius 1 is 1.48 bits per heavy atom. The number of nitrogens with zero attached hydrogens (tertiary/aromatic N) is 3. The lowest BCUT2D eigenvalue weighted by atomic mass is 9.73. The molecule has 6 nitrogen and oxygen atoms in total. The first-order chi connectivity index (χ1) is 11.1. The molecule has 1 aromatic heterocycles. The standard InChI is InChI=1S/C17H19N3O3/c1-19-7-6-18-15(19)9-20-8-13-12-4-2-3-5-14(12)23-11-17(13,10-20)16(21)22/h2-7,13H,8-11H2,1H3,(H,21,22)/t13-,17-/m0/s1. The van der Waals surface area contributed by atoms with Crippen molar-refractivity contribution in [3.05, 3.63) is 48.0 Å². The number of rotatable bonds is 3. The van der Waals surface area contributed by atoms with E-state index in [0.29, 0.717) is 19.6 Å². The van der Waals surface area contributed by atoms with E-state index in [1.807, 2.05) is 42.1 Å². The predicted molar refractivity (Wildman–Crippen MR) is 83.2 cm³/mol. The molecule has 0 unspecified atom stereocenters. The number of aliphatic carboxylic acids is 1. The molecule has 1 N–H and O–H groups in total. The van der Waals surface area contributed by atoms with Gasteiger partial charge in [-0.3, -0.25) is 9.69 Å². The average molecular weight is 313 g/mol. The maximum atomic E-state index is 12.1. The van der Waals surface area contributed by atoms with Crippen molar-refractivity contribution in [2.75, 3.05) is 19.7 Å². The number of likely N-dealkylation sites (tertiary alicyclic amines) is 1. The molecule has 4 rings (SSSR count). The molecule has 0 radical (unpaired) electrons. The topological polar surface area (TPSA) is 67.6 Å². The molecule has 1 fully saturated rings. The van der Waals surface area contributed by atoms with E-state index in [1.165, 1.54) is 0 Å². The van der Waals surface area contributed by atoms with E-state index in [0.717, 1.165) is 17.1 Å². The monoisotopic (exact) mass is 313 g/mol. The van der Waals surface area contributed by atoms with Crippen molar-refractivity contribution in [3.63, 3.8) is 0 Å². The van der Waals surface area contributed by atoms with Crippen LogP contribution in [0.3, 0.4) is 0 Å². The lowest BCUT2D eigenvalue weighted by Gasteiger charge is -2.35. The number of imidazole rings is 1. The van der Waals surface area contributed by atoms with Crippen LogP contribution in [0.4, 0.5) is 0 Å². The number of ether oxygens (including phenoxy) is 1. The van der Waals surface area contributed by atoms with Gasteiger partial charge in [0, 0.05) is 38.4 Å². The van der Waals surface area contributed by atoms with E-state index < -0.39 is 11.4 Å². The van der Waals surface area contributed by atoms with Gasteiger partial charge in [0.1, 0.15) is 23.6 Å². The smallest absolute Gasteiger partial charge is 0.315 e. The van der Waals surface area contributed by atoms with Crippen LogP contribution in [0.25, 0.3) is 0 Å². The van der Waals surface area contributed by atoms with Gasteiger partial charge in [-0.05, 0) is 11.6 Å². The Morgan fingerprint density at radius 2 is 2.30 bits per heavy atom. The van der Waals surface area contributed by atoms with Crippen molar-refractivity contribution < 1.29 is 14.6 Å². The number of benzene rings is 1. The van der Waals surface area contributed by atoms with Crippen LogP contribution in [0.2, 0.25) is 0 Å². The molecule has 0 bridgehead atoms. The van der Waals surface area contributed by atoms with Crippen molar-refractivity contribution in [1.82, 2.24) is 14.5 Å². The highest BCUT2D eigenvalue weighted by Crippen LogP contribution is 2.49. The summed E-state index contributed by atoms with van der Waals surface area (Å²) >= 11 is 0. The molecule has 1 saturated heterocycles. The number of para-hydroxylation sites is 1. The summed E-state index contributed by atoms with van der Waals surface area (Å²) in [5.41, 5.74) is 0.128. The highest BCUT2D eigenvalue weighted by atomic mass is 16.5. The van der Waals surface area contributed by atoms with Gasteiger partial charge in [-0.15, -0.1) is 0 Å². The van der Waals surface area contributed by atoms with Gasteiger partial charge in [0.15, 0.2) is 0 Å². The van der Waals surface area contributed by atoms with E-state index in [-0.39, 0.29) is 12.5 Å². The van der Waals surface area contributed by atoms with Crippen LogP contribution in [0.1, 0.15) is 17.3 Å². The normalized spacial score (nSPS) is 26.4. The quantitative estimate of drug-likeness (QED) is 0.930. The Bertz CT molecular complexity index is 757. The molecule has 0 aliphatic carbocycles. The first-order valence-corrected chi connectivity index (χ1v) is 7.74. The molecule has 0 amide bonds. The molecule has 2 aromatic rings.